The first-order chi connectivity index (χ1) is 15.5. The van der Waals surface area contributed by atoms with Crippen molar-refractivity contribution in [2.75, 3.05) is 7.11 Å². The Morgan fingerprint density at radius 3 is 2.44 bits per heavy atom. The van der Waals surface area contributed by atoms with E-state index in [0.29, 0.717) is 23.7 Å². The number of methoxy groups -OCH3 is 1. The molecule has 3 aromatic carbocycles. The van der Waals surface area contributed by atoms with E-state index in [4.69, 9.17) is 14.2 Å². The lowest BCUT2D eigenvalue weighted by molar-refractivity contribution is -0.0306. The van der Waals surface area contributed by atoms with Crippen LogP contribution in [0.1, 0.15) is 42.2 Å². The van der Waals surface area contributed by atoms with Crippen LogP contribution >= 0.6 is 0 Å². The van der Waals surface area contributed by atoms with Gasteiger partial charge in [0.1, 0.15) is 18.0 Å². The molecule has 0 aliphatic rings. The van der Waals surface area contributed by atoms with Crippen LogP contribution in [0.15, 0.2) is 72.8 Å². The van der Waals surface area contributed by atoms with Crippen molar-refractivity contribution in [3.63, 3.8) is 0 Å². The topological polar surface area (TPSA) is 68.2 Å². The summed E-state index contributed by atoms with van der Waals surface area (Å²) in [6.45, 7) is 4.03. The summed E-state index contributed by atoms with van der Waals surface area (Å²) < 4.78 is 18.1. The first-order valence-corrected chi connectivity index (χ1v) is 10.6. The number of allylic oxidation sites excluding steroid dienone is 1. The molecule has 0 aliphatic heterocycles. The standard InChI is InChI=1S/C27H30O5/c1-4-8-20-11-14-25(26(15-20)30-3)32-19(2)27(31-18-21-9-6-5-7-10-21)22-12-13-24(29)23(16-22)17-28/h4-16,19,27-29H,17-18H2,1-3H3/b8-4+. The van der Waals surface area contributed by atoms with Gasteiger partial charge in [0.05, 0.1) is 20.3 Å². The minimum Gasteiger partial charge on any atom is -0.508 e. The van der Waals surface area contributed by atoms with Crippen molar-refractivity contribution in [3.8, 4) is 17.2 Å². The molecule has 0 radical (unpaired) electrons. The van der Waals surface area contributed by atoms with E-state index in [0.717, 1.165) is 16.7 Å². The number of hydrogen-bond acceptors (Lipinski definition) is 5. The van der Waals surface area contributed by atoms with Crippen molar-refractivity contribution in [1.29, 1.82) is 0 Å². The zero-order chi connectivity index (χ0) is 22.9. The van der Waals surface area contributed by atoms with Gasteiger partial charge in [0.15, 0.2) is 11.5 Å². The molecule has 5 heteroatoms. The molecule has 5 nitrogen and oxygen atoms in total. The quantitative estimate of drug-likeness (QED) is 0.431. The summed E-state index contributed by atoms with van der Waals surface area (Å²) in [6.07, 6.45) is 3.14. The summed E-state index contributed by atoms with van der Waals surface area (Å²) in [5.74, 6) is 1.30. The summed E-state index contributed by atoms with van der Waals surface area (Å²) >= 11 is 0. The van der Waals surface area contributed by atoms with E-state index >= 15 is 0 Å². The Bertz CT molecular complexity index is 1030. The number of aliphatic hydroxyl groups is 1. The predicted octanol–water partition coefficient (Wildman–Crippen LogP) is 5.65. The predicted molar refractivity (Wildman–Crippen MR) is 126 cm³/mol. The van der Waals surface area contributed by atoms with E-state index in [9.17, 15) is 10.2 Å². The highest BCUT2D eigenvalue weighted by atomic mass is 16.6. The zero-order valence-electron chi connectivity index (χ0n) is 18.7. The molecule has 32 heavy (non-hydrogen) atoms. The molecular weight excluding hydrogens is 404 g/mol. The summed E-state index contributed by atoms with van der Waals surface area (Å²) in [5, 5.41) is 19.6. The van der Waals surface area contributed by atoms with Crippen molar-refractivity contribution < 1.29 is 24.4 Å². The van der Waals surface area contributed by atoms with Gasteiger partial charge < -0.3 is 24.4 Å². The molecule has 0 saturated heterocycles. The van der Waals surface area contributed by atoms with E-state index in [1.54, 1.807) is 25.3 Å². The fourth-order valence-electron chi connectivity index (χ4n) is 3.51. The lowest BCUT2D eigenvalue weighted by Gasteiger charge is -2.27. The maximum Gasteiger partial charge on any atom is 0.161 e. The second-order valence-corrected chi connectivity index (χ2v) is 7.50. The molecule has 0 spiro atoms. The Morgan fingerprint density at radius 2 is 1.75 bits per heavy atom. The Hall–Kier alpha value is -3.28. The summed E-state index contributed by atoms with van der Waals surface area (Å²) in [7, 11) is 1.61. The van der Waals surface area contributed by atoms with Crippen LogP contribution in [0, 0.1) is 0 Å². The third-order valence-corrected chi connectivity index (χ3v) is 5.16. The van der Waals surface area contributed by atoms with Gasteiger partial charge in [-0.05, 0) is 54.8 Å². The molecule has 3 rings (SSSR count). The highest BCUT2D eigenvalue weighted by molar-refractivity contribution is 5.55. The second-order valence-electron chi connectivity index (χ2n) is 7.50. The summed E-state index contributed by atoms with van der Waals surface area (Å²) in [6, 6.07) is 20.8. The largest absolute Gasteiger partial charge is 0.508 e. The van der Waals surface area contributed by atoms with Crippen LogP contribution in [0.5, 0.6) is 17.2 Å². The zero-order valence-corrected chi connectivity index (χ0v) is 18.7. The second kappa shape index (κ2) is 11.4. The molecule has 0 amide bonds. The van der Waals surface area contributed by atoms with Crippen LogP contribution in [-0.4, -0.2) is 23.4 Å². The van der Waals surface area contributed by atoms with Gasteiger partial charge in [-0.2, -0.15) is 0 Å². The minimum atomic E-state index is -0.443. The van der Waals surface area contributed by atoms with Gasteiger partial charge in [-0.25, -0.2) is 0 Å². The number of phenols is 1. The van der Waals surface area contributed by atoms with Crippen LogP contribution in [0.2, 0.25) is 0 Å². The van der Waals surface area contributed by atoms with Crippen molar-refractivity contribution in [2.24, 2.45) is 0 Å². The molecule has 2 atom stereocenters. The van der Waals surface area contributed by atoms with Crippen LogP contribution in [-0.2, 0) is 18.0 Å². The number of aliphatic hydroxyl groups excluding tert-OH is 1. The molecule has 0 aromatic heterocycles. The molecule has 168 valence electrons. The van der Waals surface area contributed by atoms with Gasteiger partial charge in [0.25, 0.3) is 0 Å². The SMILES string of the molecule is C/C=C/c1ccc(OC(C)C(OCc2ccccc2)c2ccc(O)c(CO)c2)c(OC)c1. The maximum atomic E-state index is 9.98. The number of rotatable bonds is 10. The monoisotopic (exact) mass is 434 g/mol. The van der Waals surface area contributed by atoms with Gasteiger partial charge >= 0.3 is 0 Å². The molecule has 0 bridgehead atoms. The smallest absolute Gasteiger partial charge is 0.161 e. The molecule has 2 unspecified atom stereocenters. The first kappa shape index (κ1) is 23.4. The fourth-order valence-corrected chi connectivity index (χ4v) is 3.51. The summed E-state index contributed by atoms with van der Waals surface area (Å²) in [4.78, 5) is 0. The van der Waals surface area contributed by atoms with E-state index in [1.165, 1.54) is 0 Å². The minimum absolute atomic E-state index is 0.0490. The Morgan fingerprint density at radius 1 is 0.969 bits per heavy atom. The van der Waals surface area contributed by atoms with Gasteiger partial charge in [-0.3, -0.25) is 0 Å². The van der Waals surface area contributed by atoms with Gasteiger partial charge in [-0.1, -0.05) is 54.6 Å². The molecular formula is C27H30O5. The van der Waals surface area contributed by atoms with Gasteiger partial charge in [-0.15, -0.1) is 0 Å². The van der Waals surface area contributed by atoms with Gasteiger partial charge in [0.2, 0.25) is 0 Å². The van der Waals surface area contributed by atoms with Gasteiger partial charge in [0, 0.05) is 5.56 Å². The molecule has 0 saturated carbocycles. The van der Waals surface area contributed by atoms with Crippen molar-refractivity contribution >= 4 is 6.08 Å². The number of aromatic hydroxyl groups is 1. The lowest BCUT2D eigenvalue weighted by atomic mass is 10.0. The highest BCUT2D eigenvalue weighted by Gasteiger charge is 2.24. The molecule has 0 heterocycles. The highest BCUT2D eigenvalue weighted by Crippen LogP contribution is 2.34. The molecule has 3 aromatic rings. The number of ether oxygens (including phenoxy) is 3. The number of hydrogen-bond donors (Lipinski definition) is 2. The van der Waals surface area contributed by atoms with E-state index in [2.05, 4.69) is 0 Å². The maximum absolute atomic E-state index is 9.98. The van der Waals surface area contributed by atoms with Crippen LogP contribution < -0.4 is 9.47 Å². The molecule has 0 fully saturated rings. The summed E-state index contributed by atoms with van der Waals surface area (Å²) in [5.41, 5.74) is 3.31. The van der Waals surface area contributed by atoms with Crippen LogP contribution in [0.3, 0.4) is 0 Å². The number of benzene rings is 3. The third kappa shape index (κ3) is 5.90. The van der Waals surface area contributed by atoms with Crippen LogP contribution in [0.25, 0.3) is 6.08 Å². The Kier molecular flexibility index (Phi) is 8.31. The lowest BCUT2D eigenvalue weighted by Crippen LogP contribution is -2.25. The Balaban J connectivity index is 1.88. The van der Waals surface area contributed by atoms with Crippen molar-refractivity contribution in [1.82, 2.24) is 0 Å². The molecule has 0 aliphatic carbocycles. The van der Waals surface area contributed by atoms with Crippen molar-refractivity contribution in [3.05, 3.63) is 95.1 Å². The fraction of sp³-hybridized carbons (Fsp3) is 0.259. The average molecular weight is 435 g/mol. The van der Waals surface area contributed by atoms with E-state index in [1.807, 2.05) is 74.5 Å². The van der Waals surface area contributed by atoms with E-state index < -0.39 is 6.10 Å². The van der Waals surface area contributed by atoms with E-state index in [-0.39, 0.29) is 18.5 Å². The van der Waals surface area contributed by atoms with Crippen molar-refractivity contribution in [2.45, 2.75) is 39.3 Å². The first-order valence-electron chi connectivity index (χ1n) is 10.6. The average Bonchev–Trinajstić information content (AvgIpc) is 2.82. The Labute approximate surface area is 189 Å². The molecule has 2 N–H and O–H groups in total. The normalized spacial score (nSPS) is 13.1. The van der Waals surface area contributed by atoms with Crippen LogP contribution in [0.4, 0.5) is 0 Å². The third-order valence-electron chi connectivity index (χ3n) is 5.16.